The molecular formula is C20H25N3. The van der Waals surface area contributed by atoms with Crippen LogP contribution in [0.3, 0.4) is 0 Å². The molecule has 4 rings (SSSR count). The zero-order chi connectivity index (χ0) is 16.0. The molecule has 0 aliphatic carbocycles. The summed E-state index contributed by atoms with van der Waals surface area (Å²) in [6.07, 6.45) is 1.25. The highest BCUT2D eigenvalue weighted by Gasteiger charge is 2.40. The normalized spacial score (nSPS) is 23.5. The largest absolute Gasteiger partial charge is 0.369 e. The van der Waals surface area contributed by atoms with Crippen LogP contribution in [0.4, 0.5) is 17.1 Å². The standard InChI is InChI=1S/C20H25N3/c1-14-7-9-15(10-8-14)21-18-6-4-5-16-17-13-22(2)12-11-19(17)23(3)20(16)18/h4-10,17,19,21H,11-13H2,1-3H3/t17?,19-/m0/s1. The van der Waals surface area contributed by atoms with E-state index in [4.69, 9.17) is 0 Å². The zero-order valence-corrected chi connectivity index (χ0v) is 14.2. The fraction of sp³-hybridized carbons (Fsp3) is 0.400. The van der Waals surface area contributed by atoms with Gasteiger partial charge in [0.25, 0.3) is 0 Å². The first-order valence-corrected chi connectivity index (χ1v) is 8.51. The molecule has 1 saturated heterocycles. The van der Waals surface area contributed by atoms with E-state index in [0.29, 0.717) is 12.0 Å². The van der Waals surface area contributed by atoms with Gasteiger partial charge < -0.3 is 15.1 Å². The van der Waals surface area contributed by atoms with Crippen molar-refractivity contribution in [1.29, 1.82) is 0 Å². The first-order chi connectivity index (χ1) is 11.1. The van der Waals surface area contributed by atoms with E-state index in [2.05, 4.69) is 78.6 Å². The predicted octanol–water partition coefficient (Wildman–Crippen LogP) is 3.98. The molecule has 23 heavy (non-hydrogen) atoms. The molecule has 120 valence electrons. The van der Waals surface area contributed by atoms with Gasteiger partial charge in [0.05, 0.1) is 11.4 Å². The molecule has 0 radical (unpaired) electrons. The third kappa shape index (κ3) is 2.49. The van der Waals surface area contributed by atoms with E-state index >= 15 is 0 Å². The number of nitrogens with zero attached hydrogens (tertiary/aromatic N) is 2. The maximum absolute atomic E-state index is 3.63. The van der Waals surface area contributed by atoms with Crippen molar-refractivity contribution in [2.45, 2.75) is 25.3 Å². The number of benzene rings is 2. The van der Waals surface area contributed by atoms with Gasteiger partial charge in [0, 0.05) is 31.2 Å². The van der Waals surface area contributed by atoms with Gasteiger partial charge in [0.15, 0.2) is 0 Å². The highest BCUT2D eigenvalue weighted by Crippen LogP contribution is 2.47. The van der Waals surface area contributed by atoms with Crippen LogP contribution in [0.15, 0.2) is 42.5 Å². The molecule has 1 N–H and O–H groups in total. The van der Waals surface area contributed by atoms with Crippen molar-refractivity contribution in [1.82, 2.24) is 4.90 Å². The van der Waals surface area contributed by atoms with Gasteiger partial charge in [-0.05, 0) is 50.7 Å². The lowest BCUT2D eigenvalue weighted by Gasteiger charge is -2.35. The molecule has 1 fully saturated rings. The third-order valence-electron chi connectivity index (χ3n) is 5.43. The van der Waals surface area contributed by atoms with Crippen molar-refractivity contribution in [3.05, 3.63) is 53.6 Å². The lowest BCUT2D eigenvalue weighted by Crippen LogP contribution is -2.43. The average Bonchev–Trinajstić information content (AvgIpc) is 2.83. The minimum atomic E-state index is 0.633. The van der Waals surface area contributed by atoms with Crippen molar-refractivity contribution in [3.8, 4) is 0 Å². The van der Waals surface area contributed by atoms with Crippen molar-refractivity contribution in [2.24, 2.45) is 0 Å². The Morgan fingerprint density at radius 3 is 2.61 bits per heavy atom. The number of anilines is 3. The van der Waals surface area contributed by atoms with Crippen LogP contribution < -0.4 is 10.2 Å². The Balaban J connectivity index is 1.70. The summed E-state index contributed by atoms with van der Waals surface area (Å²) in [7, 11) is 4.50. The van der Waals surface area contributed by atoms with Crippen LogP contribution in [-0.4, -0.2) is 38.1 Å². The summed E-state index contributed by atoms with van der Waals surface area (Å²) >= 11 is 0. The first kappa shape index (κ1) is 14.6. The van der Waals surface area contributed by atoms with Crippen LogP contribution in [0, 0.1) is 6.92 Å². The monoisotopic (exact) mass is 307 g/mol. The Labute approximate surface area is 138 Å². The summed E-state index contributed by atoms with van der Waals surface area (Å²) in [5.41, 5.74) is 6.56. The van der Waals surface area contributed by atoms with Gasteiger partial charge in [-0.25, -0.2) is 0 Å². The molecular weight excluding hydrogens is 282 g/mol. The van der Waals surface area contributed by atoms with Crippen molar-refractivity contribution in [3.63, 3.8) is 0 Å². The molecule has 0 spiro atoms. The van der Waals surface area contributed by atoms with Gasteiger partial charge in [-0.15, -0.1) is 0 Å². The number of likely N-dealkylation sites (N-methyl/N-ethyl adjacent to an activating group) is 2. The maximum Gasteiger partial charge on any atom is 0.0642 e. The summed E-state index contributed by atoms with van der Waals surface area (Å²) in [6, 6.07) is 16.0. The van der Waals surface area contributed by atoms with Gasteiger partial charge in [-0.2, -0.15) is 0 Å². The van der Waals surface area contributed by atoms with E-state index in [1.807, 2.05) is 0 Å². The lowest BCUT2D eigenvalue weighted by molar-refractivity contribution is 0.234. The molecule has 3 heteroatoms. The Bertz CT molecular complexity index is 707. The highest BCUT2D eigenvalue weighted by atomic mass is 15.2. The first-order valence-electron chi connectivity index (χ1n) is 8.51. The molecule has 2 atom stereocenters. The van der Waals surface area contributed by atoms with E-state index in [0.717, 1.165) is 12.2 Å². The second kappa shape index (κ2) is 5.57. The molecule has 2 aromatic rings. The molecule has 2 aromatic carbocycles. The fourth-order valence-corrected chi connectivity index (χ4v) is 4.19. The van der Waals surface area contributed by atoms with Crippen molar-refractivity contribution in [2.75, 3.05) is 37.4 Å². The van der Waals surface area contributed by atoms with Crippen molar-refractivity contribution >= 4 is 17.1 Å². The van der Waals surface area contributed by atoms with Gasteiger partial charge in [0.1, 0.15) is 0 Å². The number of fused-ring (bicyclic) bond motifs is 3. The van der Waals surface area contributed by atoms with Crippen molar-refractivity contribution < 1.29 is 0 Å². The minimum Gasteiger partial charge on any atom is -0.369 e. The number of likely N-dealkylation sites (tertiary alicyclic amines) is 1. The van der Waals surface area contributed by atoms with E-state index in [9.17, 15) is 0 Å². The minimum absolute atomic E-state index is 0.633. The Morgan fingerprint density at radius 1 is 1.04 bits per heavy atom. The van der Waals surface area contributed by atoms with E-state index < -0.39 is 0 Å². The second-order valence-electron chi connectivity index (χ2n) is 7.07. The Morgan fingerprint density at radius 2 is 1.83 bits per heavy atom. The molecule has 0 bridgehead atoms. The maximum atomic E-state index is 3.63. The molecule has 2 heterocycles. The molecule has 2 aliphatic rings. The average molecular weight is 307 g/mol. The van der Waals surface area contributed by atoms with Gasteiger partial charge >= 0.3 is 0 Å². The molecule has 3 nitrogen and oxygen atoms in total. The van der Waals surface area contributed by atoms with Crippen LogP contribution in [0.25, 0.3) is 0 Å². The number of piperidine rings is 1. The summed E-state index contributed by atoms with van der Waals surface area (Å²) in [4.78, 5) is 4.97. The van der Waals surface area contributed by atoms with Crippen LogP contribution in [-0.2, 0) is 0 Å². The van der Waals surface area contributed by atoms with Gasteiger partial charge in [-0.3, -0.25) is 0 Å². The summed E-state index contributed by atoms with van der Waals surface area (Å²) in [5, 5.41) is 3.63. The number of hydrogen-bond donors (Lipinski definition) is 1. The Kier molecular flexibility index (Phi) is 3.53. The third-order valence-corrected chi connectivity index (χ3v) is 5.43. The number of hydrogen-bond acceptors (Lipinski definition) is 3. The molecule has 1 unspecified atom stereocenters. The van der Waals surface area contributed by atoms with Gasteiger partial charge in [-0.1, -0.05) is 29.8 Å². The predicted molar refractivity (Wildman–Crippen MR) is 97.9 cm³/mol. The van der Waals surface area contributed by atoms with E-state index in [1.165, 1.54) is 35.5 Å². The van der Waals surface area contributed by atoms with E-state index in [-0.39, 0.29) is 0 Å². The van der Waals surface area contributed by atoms with E-state index in [1.54, 1.807) is 0 Å². The SMILES string of the molecule is Cc1ccc(Nc2cccc3c2N(C)[C@H]2CCN(C)CC32)cc1. The highest BCUT2D eigenvalue weighted by molar-refractivity contribution is 5.81. The van der Waals surface area contributed by atoms with Gasteiger partial charge in [0.2, 0.25) is 0 Å². The number of para-hydroxylation sites is 1. The molecule has 2 aliphatic heterocycles. The number of aryl methyl sites for hydroxylation is 1. The number of nitrogens with one attached hydrogen (secondary N) is 1. The fourth-order valence-electron chi connectivity index (χ4n) is 4.19. The quantitative estimate of drug-likeness (QED) is 0.905. The number of rotatable bonds is 2. The molecule has 0 amide bonds. The molecule has 0 saturated carbocycles. The summed E-state index contributed by atoms with van der Waals surface area (Å²) < 4.78 is 0. The van der Waals surface area contributed by atoms with Crippen LogP contribution in [0.1, 0.15) is 23.5 Å². The van der Waals surface area contributed by atoms with Crippen LogP contribution in [0.5, 0.6) is 0 Å². The van der Waals surface area contributed by atoms with Crippen LogP contribution in [0.2, 0.25) is 0 Å². The smallest absolute Gasteiger partial charge is 0.0642 e. The lowest BCUT2D eigenvalue weighted by atomic mass is 9.89. The second-order valence-corrected chi connectivity index (χ2v) is 7.07. The zero-order valence-electron chi connectivity index (χ0n) is 14.2. The topological polar surface area (TPSA) is 18.5 Å². The summed E-state index contributed by atoms with van der Waals surface area (Å²) in [6.45, 7) is 4.48. The summed E-state index contributed by atoms with van der Waals surface area (Å²) in [5.74, 6) is 0.633. The Hall–Kier alpha value is -2.00. The van der Waals surface area contributed by atoms with Crippen LogP contribution >= 0.6 is 0 Å². The molecule has 0 aromatic heterocycles.